The van der Waals surface area contributed by atoms with E-state index in [1.54, 1.807) is 0 Å². The highest BCUT2D eigenvalue weighted by Gasteiger charge is 2.38. The summed E-state index contributed by atoms with van der Waals surface area (Å²) in [6.45, 7) is 4.38. The van der Waals surface area contributed by atoms with Crippen LogP contribution in [0.4, 0.5) is 0 Å². The first-order valence-corrected chi connectivity index (χ1v) is 7.65. The Kier molecular flexibility index (Phi) is 2.71. The van der Waals surface area contributed by atoms with E-state index in [0.29, 0.717) is 0 Å². The number of benzene rings is 1. The first-order chi connectivity index (χ1) is 9.78. The number of nitrogens with zero attached hydrogens (tertiary/aromatic N) is 2. The molecular weight excluding hydrogens is 246 g/mol. The van der Waals surface area contributed by atoms with Crippen molar-refractivity contribution < 1.29 is 0 Å². The number of imidazole rings is 1. The van der Waals surface area contributed by atoms with Crippen LogP contribution in [-0.4, -0.2) is 16.1 Å². The molecule has 0 spiro atoms. The quantitative estimate of drug-likeness (QED) is 0.906. The largest absolute Gasteiger partial charge is 0.322 e. The highest BCUT2D eigenvalue weighted by atomic mass is 15.2. The zero-order valence-corrected chi connectivity index (χ0v) is 12.0. The highest BCUT2D eigenvalue weighted by molar-refractivity contribution is 5.58. The summed E-state index contributed by atoms with van der Waals surface area (Å²) in [5.74, 6) is 1.17. The van der Waals surface area contributed by atoms with Gasteiger partial charge in [-0.3, -0.25) is 0 Å². The maximum atomic E-state index is 4.97. The van der Waals surface area contributed by atoms with Crippen molar-refractivity contribution >= 4 is 0 Å². The van der Waals surface area contributed by atoms with Gasteiger partial charge in [0.15, 0.2) is 0 Å². The summed E-state index contributed by atoms with van der Waals surface area (Å²) in [7, 11) is 0. The maximum absolute atomic E-state index is 4.97. The number of aromatic nitrogens is 2. The molecule has 0 radical (unpaired) electrons. The van der Waals surface area contributed by atoms with Gasteiger partial charge in [0.2, 0.25) is 0 Å². The van der Waals surface area contributed by atoms with Crippen LogP contribution < -0.4 is 5.32 Å². The molecule has 0 saturated heterocycles. The molecule has 104 valence electrons. The summed E-state index contributed by atoms with van der Waals surface area (Å²) in [5, 5.41) is 3.44. The summed E-state index contributed by atoms with van der Waals surface area (Å²) in [4.78, 5) is 4.97. The van der Waals surface area contributed by atoms with Crippen molar-refractivity contribution in [1.82, 2.24) is 14.9 Å². The molecule has 1 aromatic heterocycles. The standard InChI is InChI=1S/C17H21N3/c1-17(9-5-10-17)20-15-8-11-18-12-14(15)19-16(20)13-6-3-2-4-7-13/h2-4,6-7,18H,5,8-12H2,1H3. The lowest BCUT2D eigenvalue weighted by atomic mass is 9.77. The minimum Gasteiger partial charge on any atom is -0.322 e. The first kappa shape index (κ1) is 12.2. The molecule has 3 heteroatoms. The van der Waals surface area contributed by atoms with Crippen LogP contribution in [0.1, 0.15) is 37.6 Å². The number of hydrogen-bond donors (Lipinski definition) is 1. The van der Waals surface area contributed by atoms with Crippen molar-refractivity contribution in [1.29, 1.82) is 0 Å². The average molecular weight is 267 g/mol. The highest BCUT2D eigenvalue weighted by Crippen LogP contribution is 2.43. The van der Waals surface area contributed by atoms with Crippen LogP contribution in [0.3, 0.4) is 0 Å². The van der Waals surface area contributed by atoms with E-state index in [4.69, 9.17) is 4.98 Å². The Morgan fingerprint density at radius 3 is 2.70 bits per heavy atom. The second-order valence-electron chi connectivity index (χ2n) is 6.31. The molecule has 2 aromatic rings. The average Bonchev–Trinajstić information content (AvgIpc) is 2.85. The number of rotatable bonds is 2. The molecule has 0 unspecified atom stereocenters. The third-order valence-corrected chi connectivity index (χ3v) is 4.89. The molecular formula is C17H21N3. The van der Waals surface area contributed by atoms with E-state index in [0.717, 1.165) is 19.5 Å². The topological polar surface area (TPSA) is 29.9 Å². The fourth-order valence-electron chi connectivity index (χ4n) is 3.58. The number of nitrogens with one attached hydrogen (secondary N) is 1. The van der Waals surface area contributed by atoms with Gasteiger partial charge in [-0.2, -0.15) is 0 Å². The Labute approximate surface area is 120 Å². The SMILES string of the molecule is CC1(n2c(-c3ccccc3)nc3c2CCNC3)CCC1. The summed E-state index contributed by atoms with van der Waals surface area (Å²) >= 11 is 0. The lowest BCUT2D eigenvalue weighted by molar-refractivity contribution is 0.165. The predicted molar refractivity (Wildman–Crippen MR) is 80.6 cm³/mol. The van der Waals surface area contributed by atoms with Gasteiger partial charge < -0.3 is 9.88 Å². The van der Waals surface area contributed by atoms with Gasteiger partial charge in [-0.05, 0) is 26.2 Å². The fraction of sp³-hybridized carbons (Fsp3) is 0.471. The Morgan fingerprint density at radius 1 is 1.20 bits per heavy atom. The third-order valence-electron chi connectivity index (χ3n) is 4.89. The van der Waals surface area contributed by atoms with Gasteiger partial charge in [0.1, 0.15) is 5.82 Å². The zero-order valence-electron chi connectivity index (χ0n) is 12.0. The van der Waals surface area contributed by atoms with Crippen LogP contribution in [0.15, 0.2) is 30.3 Å². The molecule has 1 saturated carbocycles. The number of fused-ring (bicyclic) bond motifs is 1. The molecule has 1 aliphatic heterocycles. The van der Waals surface area contributed by atoms with Crippen LogP contribution in [0, 0.1) is 0 Å². The summed E-state index contributed by atoms with van der Waals surface area (Å²) < 4.78 is 2.56. The molecule has 20 heavy (non-hydrogen) atoms. The van der Waals surface area contributed by atoms with Crippen molar-refractivity contribution in [2.75, 3.05) is 6.54 Å². The summed E-state index contributed by atoms with van der Waals surface area (Å²) in [6.07, 6.45) is 5.01. The van der Waals surface area contributed by atoms with Crippen molar-refractivity contribution in [3.63, 3.8) is 0 Å². The summed E-state index contributed by atoms with van der Waals surface area (Å²) in [5.41, 5.74) is 4.24. The van der Waals surface area contributed by atoms with E-state index in [1.807, 2.05) is 0 Å². The lowest BCUT2D eigenvalue weighted by Gasteiger charge is -2.42. The molecule has 1 aromatic carbocycles. The molecule has 1 N–H and O–H groups in total. The normalized spacial score (nSPS) is 20.2. The minimum atomic E-state index is 0.281. The van der Waals surface area contributed by atoms with Gasteiger partial charge in [0, 0.05) is 36.3 Å². The van der Waals surface area contributed by atoms with Crippen molar-refractivity contribution in [3.05, 3.63) is 41.7 Å². The molecule has 1 aliphatic carbocycles. The van der Waals surface area contributed by atoms with E-state index in [2.05, 4.69) is 47.1 Å². The third kappa shape index (κ3) is 1.73. The van der Waals surface area contributed by atoms with E-state index in [9.17, 15) is 0 Å². The Morgan fingerprint density at radius 2 is 2.00 bits per heavy atom. The van der Waals surface area contributed by atoms with Gasteiger partial charge in [-0.25, -0.2) is 4.98 Å². The Hall–Kier alpha value is -1.61. The molecule has 0 amide bonds. The molecule has 0 atom stereocenters. The molecule has 1 fully saturated rings. The molecule has 0 bridgehead atoms. The van der Waals surface area contributed by atoms with E-state index < -0.39 is 0 Å². The van der Waals surface area contributed by atoms with Crippen molar-refractivity contribution in [3.8, 4) is 11.4 Å². The molecule has 4 rings (SSSR count). The predicted octanol–water partition coefficient (Wildman–Crippen LogP) is 3.09. The van der Waals surface area contributed by atoms with Gasteiger partial charge in [0.25, 0.3) is 0 Å². The summed E-state index contributed by atoms with van der Waals surface area (Å²) in [6, 6.07) is 10.6. The first-order valence-electron chi connectivity index (χ1n) is 7.65. The smallest absolute Gasteiger partial charge is 0.141 e. The number of hydrogen-bond acceptors (Lipinski definition) is 2. The molecule has 2 aliphatic rings. The molecule has 2 heterocycles. The van der Waals surface area contributed by atoms with Gasteiger partial charge in [-0.15, -0.1) is 0 Å². The molecule has 3 nitrogen and oxygen atoms in total. The van der Waals surface area contributed by atoms with Crippen LogP contribution in [-0.2, 0) is 18.5 Å². The fourth-order valence-corrected chi connectivity index (χ4v) is 3.58. The van der Waals surface area contributed by atoms with Crippen molar-refractivity contribution in [2.24, 2.45) is 0 Å². The monoisotopic (exact) mass is 267 g/mol. The van der Waals surface area contributed by atoms with Crippen LogP contribution >= 0.6 is 0 Å². The second kappa shape index (κ2) is 4.45. The lowest BCUT2D eigenvalue weighted by Crippen LogP contribution is -2.40. The van der Waals surface area contributed by atoms with E-state index >= 15 is 0 Å². The van der Waals surface area contributed by atoms with Gasteiger partial charge in [-0.1, -0.05) is 30.3 Å². The van der Waals surface area contributed by atoms with Gasteiger partial charge >= 0.3 is 0 Å². The van der Waals surface area contributed by atoms with E-state index in [1.165, 1.54) is 42.0 Å². The second-order valence-corrected chi connectivity index (χ2v) is 6.31. The Bertz CT molecular complexity index is 623. The van der Waals surface area contributed by atoms with Gasteiger partial charge in [0.05, 0.1) is 5.69 Å². The Balaban J connectivity index is 1.92. The van der Waals surface area contributed by atoms with Crippen LogP contribution in [0.5, 0.6) is 0 Å². The zero-order chi connectivity index (χ0) is 13.6. The van der Waals surface area contributed by atoms with Crippen LogP contribution in [0.2, 0.25) is 0 Å². The minimum absolute atomic E-state index is 0.281. The van der Waals surface area contributed by atoms with Crippen molar-refractivity contribution in [2.45, 2.75) is 44.7 Å². The van der Waals surface area contributed by atoms with E-state index in [-0.39, 0.29) is 5.54 Å². The maximum Gasteiger partial charge on any atom is 0.141 e. The van der Waals surface area contributed by atoms with Crippen LogP contribution in [0.25, 0.3) is 11.4 Å².